The van der Waals surface area contributed by atoms with Crippen molar-refractivity contribution in [2.45, 2.75) is 77.0 Å². The molecule has 39 heavy (non-hydrogen) atoms. The fourth-order valence-electron chi connectivity index (χ4n) is 6.84. The standard InChI is InChI=1S/C32H40FN3O3/c1-21(2)23-11-13-25(14-12-23)30(24-8-5-4-6-9-24)34-31(39)28-17-27(33)18-36(28)29(38)16-26-10-7-15-32(26)19-35(20-32)22(3)37/h4-6,8-9,11-14,21,26-28,30H,7,10,15-20H2,1-3H3,(H,34,39). The van der Waals surface area contributed by atoms with Crippen LogP contribution in [0.3, 0.4) is 0 Å². The molecule has 0 bridgehead atoms. The number of hydrogen-bond acceptors (Lipinski definition) is 3. The Hall–Kier alpha value is -3.22. The number of rotatable bonds is 7. The molecule has 4 atom stereocenters. The van der Waals surface area contributed by atoms with E-state index in [9.17, 15) is 18.8 Å². The Morgan fingerprint density at radius 1 is 1.00 bits per heavy atom. The molecule has 5 rings (SSSR count). The van der Waals surface area contributed by atoms with Crippen LogP contribution in [0, 0.1) is 11.3 Å². The summed E-state index contributed by atoms with van der Waals surface area (Å²) in [4.78, 5) is 42.3. The third kappa shape index (κ3) is 5.59. The maximum atomic E-state index is 14.7. The second-order valence-corrected chi connectivity index (χ2v) is 12.1. The minimum absolute atomic E-state index is 0.00548. The highest BCUT2D eigenvalue weighted by atomic mass is 19.1. The number of nitrogens with one attached hydrogen (secondary N) is 1. The van der Waals surface area contributed by atoms with Crippen LogP contribution in [0.4, 0.5) is 4.39 Å². The first-order valence-corrected chi connectivity index (χ1v) is 14.3. The summed E-state index contributed by atoms with van der Waals surface area (Å²) in [7, 11) is 0. The number of alkyl halides is 1. The molecule has 7 heteroatoms. The van der Waals surface area contributed by atoms with E-state index in [-0.39, 0.29) is 42.0 Å². The zero-order valence-electron chi connectivity index (χ0n) is 23.2. The number of nitrogens with zero attached hydrogens (tertiary/aromatic N) is 2. The van der Waals surface area contributed by atoms with E-state index in [4.69, 9.17) is 0 Å². The molecule has 3 aliphatic rings. The smallest absolute Gasteiger partial charge is 0.243 e. The summed E-state index contributed by atoms with van der Waals surface area (Å²) in [6.07, 6.45) is 2.08. The lowest BCUT2D eigenvalue weighted by Crippen LogP contribution is -2.60. The monoisotopic (exact) mass is 533 g/mol. The van der Waals surface area contributed by atoms with Gasteiger partial charge in [-0.05, 0) is 41.4 Å². The molecule has 1 aliphatic carbocycles. The lowest BCUT2D eigenvalue weighted by molar-refractivity contribution is -0.147. The maximum absolute atomic E-state index is 14.7. The number of amides is 3. The molecule has 3 fully saturated rings. The van der Waals surface area contributed by atoms with Gasteiger partial charge in [0.2, 0.25) is 17.7 Å². The normalized spacial score (nSPS) is 24.6. The highest BCUT2D eigenvalue weighted by Crippen LogP contribution is 2.51. The van der Waals surface area contributed by atoms with Crippen LogP contribution in [0.2, 0.25) is 0 Å². The average Bonchev–Trinajstić information content (AvgIpc) is 3.50. The Morgan fingerprint density at radius 3 is 2.28 bits per heavy atom. The summed E-state index contributed by atoms with van der Waals surface area (Å²) in [5.74, 6) is 0.159. The van der Waals surface area contributed by atoms with E-state index >= 15 is 0 Å². The highest BCUT2D eigenvalue weighted by molar-refractivity contribution is 5.89. The van der Waals surface area contributed by atoms with E-state index < -0.39 is 18.3 Å². The van der Waals surface area contributed by atoms with Crippen LogP contribution in [0.15, 0.2) is 54.6 Å². The van der Waals surface area contributed by atoms with Crippen LogP contribution in [0.25, 0.3) is 0 Å². The Labute approximate surface area is 230 Å². The van der Waals surface area contributed by atoms with E-state index in [1.165, 1.54) is 10.5 Å². The molecule has 3 amide bonds. The van der Waals surface area contributed by atoms with Crippen molar-refractivity contribution >= 4 is 17.7 Å². The summed E-state index contributed by atoms with van der Waals surface area (Å²) < 4.78 is 14.7. The van der Waals surface area contributed by atoms with Crippen molar-refractivity contribution in [1.29, 1.82) is 0 Å². The largest absolute Gasteiger partial charge is 0.343 e. The first-order chi connectivity index (χ1) is 18.7. The van der Waals surface area contributed by atoms with Crippen LogP contribution in [-0.4, -0.2) is 59.4 Å². The Balaban J connectivity index is 1.31. The Bertz CT molecular complexity index is 1190. The number of benzene rings is 2. The van der Waals surface area contributed by atoms with Gasteiger partial charge in [0, 0.05) is 38.3 Å². The molecule has 208 valence electrons. The van der Waals surface area contributed by atoms with Gasteiger partial charge in [0.1, 0.15) is 12.2 Å². The minimum Gasteiger partial charge on any atom is -0.343 e. The Morgan fingerprint density at radius 2 is 1.64 bits per heavy atom. The highest BCUT2D eigenvalue weighted by Gasteiger charge is 2.53. The molecule has 2 heterocycles. The molecule has 0 aromatic heterocycles. The molecule has 1 saturated carbocycles. The SMILES string of the molecule is CC(=O)N1CC2(CCCC2CC(=O)N2CC(F)CC2C(=O)NC(c2ccccc2)c2ccc(C(C)C)cc2)C1. The van der Waals surface area contributed by atoms with Crippen LogP contribution >= 0.6 is 0 Å². The van der Waals surface area contributed by atoms with Gasteiger partial charge in [0.05, 0.1) is 12.6 Å². The molecule has 1 N–H and O–H groups in total. The maximum Gasteiger partial charge on any atom is 0.243 e. The molecule has 4 unspecified atom stereocenters. The van der Waals surface area contributed by atoms with Crippen LogP contribution < -0.4 is 5.32 Å². The van der Waals surface area contributed by atoms with E-state index in [0.29, 0.717) is 25.4 Å². The van der Waals surface area contributed by atoms with Crippen molar-refractivity contribution in [3.63, 3.8) is 0 Å². The van der Waals surface area contributed by atoms with Crippen LogP contribution in [0.5, 0.6) is 0 Å². The molecule has 6 nitrogen and oxygen atoms in total. The van der Waals surface area contributed by atoms with Crippen molar-refractivity contribution < 1.29 is 18.8 Å². The van der Waals surface area contributed by atoms with Crippen molar-refractivity contribution in [1.82, 2.24) is 15.1 Å². The van der Waals surface area contributed by atoms with E-state index in [1.807, 2.05) is 47.4 Å². The van der Waals surface area contributed by atoms with Gasteiger partial charge < -0.3 is 15.1 Å². The van der Waals surface area contributed by atoms with Crippen molar-refractivity contribution in [3.05, 3.63) is 71.3 Å². The first-order valence-electron chi connectivity index (χ1n) is 14.3. The zero-order chi connectivity index (χ0) is 27.7. The molecule has 2 aromatic rings. The first kappa shape index (κ1) is 27.4. The number of carbonyl (C=O) groups is 3. The van der Waals surface area contributed by atoms with E-state index in [0.717, 1.165) is 30.4 Å². The summed E-state index contributed by atoms with van der Waals surface area (Å²) in [6.45, 7) is 7.21. The van der Waals surface area contributed by atoms with Gasteiger partial charge in [0.15, 0.2) is 0 Å². The fraction of sp³-hybridized carbons (Fsp3) is 0.531. The quantitative estimate of drug-likeness (QED) is 0.545. The fourth-order valence-corrected chi connectivity index (χ4v) is 6.84. The molecule has 2 aliphatic heterocycles. The average molecular weight is 534 g/mol. The van der Waals surface area contributed by atoms with Gasteiger partial charge in [0.25, 0.3) is 0 Å². The van der Waals surface area contributed by atoms with E-state index in [1.54, 1.807) is 6.92 Å². The summed E-state index contributed by atoms with van der Waals surface area (Å²) in [6, 6.07) is 16.7. The second-order valence-electron chi connectivity index (χ2n) is 12.1. The summed E-state index contributed by atoms with van der Waals surface area (Å²) >= 11 is 0. The van der Waals surface area contributed by atoms with Crippen molar-refractivity contribution in [2.24, 2.45) is 11.3 Å². The van der Waals surface area contributed by atoms with Gasteiger partial charge in [-0.15, -0.1) is 0 Å². The predicted molar refractivity (Wildman–Crippen MR) is 149 cm³/mol. The number of hydrogen-bond donors (Lipinski definition) is 1. The predicted octanol–water partition coefficient (Wildman–Crippen LogP) is 4.99. The van der Waals surface area contributed by atoms with Gasteiger partial charge >= 0.3 is 0 Å². The van der Waals surface area contributed by atoms with Gasteiger partial charge in [-0.2, -0.15) is 0 Å². The van der Waals surface area contributed by atoms with Gasteiger partial charge in [-0.3, -0.25) is 14.4 Å². The molecular weight excluding hydrogens is 493 g/mol. The van der Waals surface area contributed by atoms with Gasteiger partial charge in [-0.25, -0.2) is 4.39 Å². The van der Waals surface area contributed by atoms with Crippen LogP contribution in [0.1, 0.15) is 81.5 Å². The third-order valence-corrected chi connectivity index (χ3v) is 9.20. The molecule has 0 radical (unpaired) electrons. The number of carbonyl (C=O) groups excluding carboxylic acids is 3. The summed E-state index contributed by atoms with van der Waals surface area (Å²) in [5.41, 5.74) is 3.09. The van der Waals surface area contributed by atoms with Crippen LogP contribution in [-0.2, 0) is 14.4 Å². The van der Waals surface area contributed by atoms with Gasteiger partial charge in [-0.1, -0.05) is 74.9 Å². The molecular formula is C32H40FN3O3. The summed E-state index contributed by atoms with van der Waals surface area (Å²) in [5, 5.41) is 3.15. The molecule has 1 spiro atoms. The third-order valence-electron chi connectivity index (χ3n) is 9.20. The second kappa shape index (κ2) is 11.1. The Kier molecular flexibility index (Phi) is 7.79. The minimum atomic E-state index is -1.22. The topological polar surface area (TPSA) is 69.7 Å². The lowest BCUT2D eigenvalue weighted by Gasteiger charge is -2.51. The van der Waals surface area contributed by atoms with E-state index in [2.05, 4.69) is 31.3 Å². The lowest BCUT2D eigenvalue weighted by atomic mass is 9.70. The molecule has 2 saturated heterocycles. The van der Waals surface area contributed by atoms with Crippen molar-refractivity contribution in [3.8, 4) is 0 Å². The zero-order valence-corrected chi connectivity index (χ0v) is 23.2. The number of halogens is 1. The van der Waals surface area contributed by atoms with Crippen molar-refractivity contribution in [2.75, 3.05) is 19.6 Å². The molecule has 2 aromatic carbocycles. The number of likely N-dealkylation sites (tertiary alicyclic amines) is 2.